The fraction of sp³-hybridized carbons (Fsp3) is 0.389. The Morgan fingerprint density at radius 2 is 2.14 bits per heavy atom. The Labute approximate surface area is 129 Å². The van der Waals surface area contributed by atoms with Crippen LogP contribution >= 0.6 is 0 Å². The molecule has 2 heterocycles. The molecular weight excluding hydrogens is 278 g/mol. The zero-order valence-corrected chi connectivity index (χ0v) is 12.5. The molecule has 1 saturated heterocycles. The van der Waals surface area contributed by atoms with E-state index in [0.717, 1.165) is 30.0 Å². The molecule has 4 heteroatoms. The smallest absolute Gasteiger partial charge is 0.253 e. The van der Waals surface area contributed by atoms with Gasteiger partial charge in [-0.15, -0.1) is 0 Å². The van der Waals surface area contributed by atoms with Gasteiger partial charge in [0.1, 0.15) is 11.5 Å². The van der Waals surface area contributed by atoms with Gasteiger partial charge in [0.15, 0.2) is 0 Å². The lowest BCUT2D eigenvalue weighted by atomic mass is 9.74. The molecule has 1 amide bonds. The van der Waals surface area contributed by atoms with Gasteiger partial charge in [0.2, 0.25) is 0 Å². The number of hydrogen-bond acceptors (Lipinski definition) is 3. The normalized spacial score (nSPS) is 26.6. The summed E-state index contributed by atoms with van der Waals surface area (Å²) in [5, 5.41) is 9.73. The number of rotatable bonds is 2. The number of hydrogen-bond donors (Lipinski definition) is 1. The summed E-state index contributed by atoms with van der Waals surface area (Å²) in [6.07, 6.45) is 0.611. The van der Waals surface area contributed by atoms with E-state index in [4.69, 9.17) is 4.42 Å². The van der Waals surface area contributed by atoms with Gasteiger partial charge in [-0.2, -0.15) is 0 Å². The number of aryl methyl sites for hydroxylation is 1. The Kier molecular flexibility index (Phi) is 3.08. The third kappa shape index (κ3) is 2.15. The van der Waals surface area contributed by atoms with Gasteiger partial charge < -0.3 is 14.4 Å². The number of aliphatic hydroxyl groups excluding tert-OH is 1. The van der Waals surface area contributed by atoms with E-state index in [0.29, 0.717) is 18.0 Å². The van der Waals surface area contributed by atoms with Gasteiger partial charge in [-0.05, 0) is 43.5 Å². The summed E-state index contributed by atoms with van der Waals surface area (Å²) in [5.74, 6) is 2.45. The topological polar surface area (TPSA) is 53.7 Å². The van der Waals surface area contributed by atoms with E-state index in [9.17, 15) is 9.90 Å². The van der Waals surface area contributed by atoms with E-state index in [1.165, 1.54) is 0 Å². The van der Waals surface area contributed by atoms with Crippen molar-refractivity contribution in [2.75, 3.05) is 13.1 Å². The molecule has 2 aromatic rings. The van der Waals surface area contributed by atoms with Crippen LogP contribution in [0.5, 0.6) is 0 Å². The van der Waals surface area contributed by atoms with Gasteiger partial charge >= 0.3 is 0 Å². The van der Waals surface area contributed by atoms with E-state index < -0.39 is 0 Å². The molecule has 1 saturated carbocycles. The molecule has 1 aliphatic carbocycles. The third-order valence-electron chi connectivity index (χ3n) is 4.95. The first-order chi connectivity index (χ1) is 10.6. The Morgan fingerprint density at radius 1 is 1.27 bits per heavy atom. The summed E-state index contributed by atoms with van der Waals surface area (Å²) in [7, 11) is 0. The van der Waals surface area contributed by atoms with Gasteiger partial charge in [-0.1, -0.05) is 12.1 Å². The third-order valence-corrected chi connectivity index (χ3v) is 4.95. The lowest BCUT2D eigenvalue weighted by Gasteiger charge is -2.34. The molecule has 0 unspecified atom stereocenters. The minimum Gasteiger partial charge on any atom is -0.461 e. The van der Waals surface area contributed by atoms with Crippen molar-refractivity contribution in [2.45, 2.75) is 19.4 Å². The summed E-state index contributed by atoms with van der Waals surface area (Å²) in [6.45, 7) is 3.35. The molecule has 0 bridgehead atoms. The number of likely N-dealkylation sites (tertiary alicyclic amines) is 1. The summed E-state index contributed by atoms with van der Waals surface area (Å²) in [5.41, 5.74) is 1.60. The highest BCUT2D eigenvalue weighted by atomic mass is 16.3. The molecule has 2 fully saturated rings. The first-order valence-electron chi connectivity index (χ1n) is 7.76. The minimum atomic E-state index is -0.222. The Morgan fingerprint density at radius 3 is 2.82 bits per heavy atom. The van der Waals surface area contributed by atoms with Crippen molar-refractivity contribution in [3.63, 3.8) is 0 Å². The second-order valence-electron chi connectivity index (χ2n) is 6.43. The zero-order valence-electron chi connectivity index (χ0n) is 12.5. The number of nitrogens with zero attached hydrogens (tertiary/aromatic N) is 1. The molecule has 22 heavy (non-hydrogen) atoms. The molecule has 1 aromatic heterocycles. The number of aliphatic hydroxyl groups is 1. The SMILES string of the molecule is Cc1ccc(-c2cccc(C(=O)N3C[C@H]4C[C@H](O)[C@H]4C3)c2)o1. The van der Waals surface area contributed by atoms with Crippen LogP contribution in [-0.4, -0.2) is 35.1 Å². The van der Waals surface area contributed by atoms with Crippen LogP contribution in [0.3, 0.4) is 0 Å². The predicted molar refractivity (Wildman–Crippen MR) is 82.4 cm³/mol. The highest BCUT2D eigenvalue weighted by Crippen LogP contribution is 2.41. The number of carbonyl (C=O) groups excluding carboxylic acids is 1. The van der Waals surface area contributed by atoms with Crippen LogP contribution in [-0.2, 0) is 0 Å². The molecule has 1 aromatic carbocycles. The van der Waals surface area contributed by atoms with Crippen molar-refractivity contribution < 1.29 is 14.3 Å². The van der Waals surface area contributed by atoms with Crippen molar-refractivity contribution in [2.24, 2.45) is 11.8 Å². The molecule has 1 aliphatic heterocycles. The number of carbonyl (C=O) groups is 1. The summed E-state index contributed by atoms with van der Waals surface area (Å²) >= 11 is 0. The number of benzene rings is 1. The molecule has 1 N–H and O–H groups in total. The van der Waals surface area contributed by atoms with Crippen LogP contribution in [0.2, 0.25) is 0 Å². The lowest BCUT2D eigenvalue weighted by molar-refractivity contribution is -0.00427. The zero-order chi connectivity index (χ0) is 15.3. The minimum absolute atomic E-state index is 0.0479. The highest BCUT2D eigenvalue weighted by Gasteiger charge is 2.47. The van der Waals surface area contributed by atoms with Gasteiger partial charge in [0.25, 0.3) is 5.91 Å². The van der Waals surface area contributed by atoms with Crippen molar-refractivity contribution in [3.05, 3.63) is 47.7 Å². The van der Waals surface area contributed by atoms with Crippen molar-refractivity contribution in [3.8, 4) is 11.3 Å². The maximum absolute atomic E-state index is 12.7. The van der Waals surface area contributed by atoms with E-state index in [2.05, 4.69) is 0 Å². The van der Waals surface area contributed by atoms with Crippen LogP contribution in [0.1, 0.15) is 22.5 Å². The fourth-order valence-electron chi connectivity index (χ4n) is 3.61. The van der Waals surface area contributed by atoms with Crippen molar-refractivity contribution in [1.29, 1.82) is 0 Å². The van der Waals surface area contributed by atoms with Crippen molar-refractivity contribution >= 4 is 5.91 Å². The molecule has 4 nitrogen and oxygen atoms in total. The van der Waals surface area contributed by atoms with Crippen LogP contribution in [0.15, 0.2) is 40.8 Å². The molecule has 2 aliphatic rings. The van der Waals surface area contributed by atoms with Crippen LogP contribution in [0.4, 0.5) is 0 Å². The highest BCUT2D eigenvalue weighted by molar-refractivity contribution is 5.95. The number of fused-ring (bicyclic) bond motifs is 1. The standard InChI is InChI=1S/C18H19NO3/c1-11-5-6-17(22-11)12-3-2-4-13(7-12)18(21)19-9-14-8-16(20)15(14)10-19/h2-7,14-16,20H,8-10H2,1H3/t14-,15+,16+/m1/s1. The average Bonchev–Trinajstić information content (AvgIpc) is 3.10. The van der Waals surface area contributed by atoms with Crippen LogP contribution in [0, 0.1) is 18.8 Å². The molecule has 0 spiro atoms. The monoisotopic (exact) mass is 297 g/mol. The van der Waals surface area contributed by atoms with E-state index in [1.807, 2.05) is 48.2 Å². The van der Waals surface area contributed by atoms with Crippen molar-refractivity contribution in [1.82, 2.24) is 4.90 Å². The molecule has 114 valence electrons. The van der Waals surface area contributed by atoms with Crippen LogP contribution in [0.25, 0.3) is 11.3 Å². The molecular formula is C18H19NO3. The fourth-order valence-corrected chi connectivity index (χ4v) is 3.61. The molecule has 0 radical (unpaired) electrons. The maximum Gasteiger partial charge on any atom is 0.253 e. The van der Waals surface area contributed by atoms with Gasteiger partial charge in [-0.25, -0.2) is 0 Å². The summed E-state index contributed by atoms with van der Waals surface area (Å²) in [6, 6.07) is 11.4. The Hall–Kier alpha value is -2.07. The second kappa shape index (κ2) is 4.99. The average molecular weight is 297 g/mol. The van der Waals surface area contributed by atoms with Gasteiger partial charge in [-0.3, -0.25) is 4.79 Å². The largest absolute Gasteiger partial charge is 0.461 e. The quantitative estimate of drug-likeness (QED) is 0.927. The number of amides is 1. The van der Waals surface area contributed by atoms with E-state index in [1.54, 1.807) is 0 Å². The van der Waals surface area contributed by atoms with Crippen LogP contribution < -0.4 is 0 Å². The van der Waals surface area contributed by atoms with E-state index >= 15 is 0 Å². The molecule has 3 atom stereocenters. The van der Waals surface area contributed by atoms with E-state index in [-0.39, 0.29) is 17.9 Å². The van der Waals surface area contributed by atoms with Gasteiger partial charge in [0, 0.05) is 30.1 Å². The lowest BCUT2D eigenvalue weighted by Crippen LogP contribution is -2.39. The maximum atomic E-state index is 12.7. The number of furan rings is 1. The summed E-state index contributed by atoms with van der Waals surface area (Å²) < 4.78 is 5.63. The second-order valence-corrected chi connectivity index (χ2v) is 6.43. The molecule has 4 rings (SSSR count). The first kappa shape index (κ1) is 13.6. The summed E-state index contributed by atoms with van der Waals surface area (Å²) in [4.78, 5) is 14.5. The Bertz CT molecular complexity index is 721. The van der Waals surface area contributed by atoms with Gasteiger partial charge in [0.05, 0.1) is 6.10 Å². The predicted octanol–water partition coefficient (Wildman–Crippen LogP) is 2.71. The Balaban J connectivity index is 1.56. The first-order valence-corrected chi connectivity index (χ1v) is 7.76.